The number of amidine groups is 1. The van der Waals surface area contributed by atoms with Crippen LogP contribution in [0.1, 0.15) is 5.56 Å². The number of nitrogens with two attached hydrogens (primary N) is 1. The Hall–Kier alpha value is -3.53. The van der Waals surface area contributed by atoms with Crippen molar-refractivity contribution in [1.29, 1.82) is 5.26 Å². The number of nitrogens with zero attached hydrogens (tertiary/aromatic N) is 3. The highest BCUT2D eigenvalue weighted by Crippen LogP contribution is 2.41. The smallest absolute Gasteiger partial charge is 0.185 e. The normalized spacial score (nSPS) is 16.5. The Balaban J connectivity index is 1.98. The van der Waals surface area contributed by atoms with Gasteiger partial charge in [0.1, 0.15) is 25.1 Å². The van der Waals surface area contributed by atoms with Gasteiger partial charge in [-0.1, -0.05) is 6.58 Å². The standard InChI is InChI=1S/C18H17N5O2/c1-11-12(9-20)10-22-18(11)23-15-4-3-13(14(21-2)5-6-19)16-17(15)25-8-7-24-16/h3-6,10H,1,7-8,19H2,2H3,(H,22,23). The van der Waals surface area contributed by atoms with Gasteiger partial charge in [-0.3, -0.25) is 4.99 Å². The SMILES string of the molecule is C=C1C(C#N)=CN=C1Nc1ccc(C(C=CN)=NC)c2c1OCCO2. The molecule has 0 amide bonds. The lowest BCUT2D eigenvalue weighted by Gasteiger charge is -2.24. The summed E-state index contributed by atoms with van der Waals surface area (Å²) in [6.07, 6.45) is 4.61. The van der Waals surface area contributed by atoms with Gasteiger partial charge >= 0.3 is 0 Å². The van der Waals surface area contributed by atoms with Crippen LogP contribution in [0.15, 0.2) is 58.3 Å². The Morgan fingerprint density at radius 1 is 1.40 bits per heavy atom. The molecule has 1 aromatic rings. The number of fused-ring (bicyclic) bond motifs is 1. The number of allylic oxidation sites excluding steroid dienone is 1. The largest absolute Gasteiger partial charge is 0.485 e. The first-order chi connectivity index (χ1) is 12.2. The predicted octanol–water partition coefficient (Wildman–Crippen LogP) is 2.14. The van der Waals surface area contributed by atoms with Crippen LogP contribution in [0, 0.1) is 11.3 Å². The fourth-order valence-electron chi connectivity index (χ4n) is 2.56. The summed E-state index contributed by atoms with van der Waals surface area (Å²) in [7, 11) is 1.68. The molecule has 2 heterocycles. The lowest BCUT2D eigenvalue weighted by atomic mass is 10.1. The third-order valence-electron chi connectivity index (χ3n) is 3.77. The van der Waals surface area contributed by atoms with Crippen molar-refractivity contribution in [2.75, 3.05) is 25.6 Å². The molecule has 0 unspecified atom stereocenters. The van der Waals surface area contributed by atoms with Gasteiger partial charge in [-0.25, -0.2) is 4.99 Å². The van der Waals surface area contributed by atoms with E-state index < -0.39 is 0 Å². The first-order valence-electron chi connectivity index (χ1n) is 7.62. The zero-order chi connectivity index (χ0) is 17.8. The molecule has 0 aliphatic carbocycles. The molecule has 0 atom stereocenters. The summed E-state index contributed by atoms with van der Waals surface area (Å²) in [5.41, 5.74) is 8.62. The van der Waals surface area contributed by atoms with Crippen molar-refractivity contribution in [3.8, 4) is 17.6 Å². The van der Waals surface area contributed by atoms with Crippen LogP contribution in [0.25, 0.3) is 0 Å². The van der Waals surface area contributed by atoms with Crippen LogP contribution in [-0.2, 0) is 0 Å². The molecule has 25 heavy (non-hydrogen) atoms. The first-order valence-corrected chi connectivity index (χ1v) is 7.62. The van der Waals surface area contributed by atoms with Gasteiger partial charge in [0.25, 0.3) is 0 Å². The van der Waals surface area contributed by atoms with Gasteiger partial charge in [0.15, 0.2) is 11.5 Å². The summed E-state index contributed by atoms with van der Waals surface area (Å²) in [4.78, 5) is 8.42. The maximum absolute atomic E-state index is 9.03. The molecule has 3 N–H and O–H groups in total. The van der Waals surface area contributed by atoms with E-state index in [0.29, 0.717) is 53.1 Å². The Kier molecular flexibility index (Phi) is 4.53. The zero-order valence-electron chi connectivity index (χ0n) is 13.7. The van der Waals surface area contributed by atoms with Gasteiger partial charge in [-0.2, -0.15) is 5.26 Å². The molecule has 0 radical (unpaired) electrons. The zero-order valence-corrected chi connectivity index (χ0v) is 13.7. The molecule has 0 spiro atoms. The number of nitrogens with one attached hydrogen (secondary N) is 1. The minimum atomic E-state index is 0.429. The lowest BCUT2D eigenvalue weighted by Crippen LogP contribution is -2.20. The number of hydrogen-bond donors (Lipinski definition) is 2. The summed E-state index contributed by atoms with van der Waals surface area (Å²) in [6, 6.07) is 5.77. The van der Waals surface area contributed by atoms with Crippen LogP contribution in [0.2, 0.25) is 0 Å². The third-order valence-corrected chi connectivity index (χ3v) is 3.77. The maximum atomic E-state index is 9.03. The molecule has 126 valence electrons. The molecule has 0 saturated heterocycles. The molecule has 0 fully saturated rings. The molecular weight excluding hydrogens is 318 g/mol. The molecule has 1 aromatic carbocycles. The summed E-state index contributed by atoms with van der Waals surface area (Å²) in [6.45, 7) is 4.76. The van der Waals surface area contributed by atoms with Crippen molar-refractivity contribution < 1.29 is 9.47 Å². The van der Waals surface area contributed by atoms with E-state index >= 15 is 0 Å². The molecular formula is C18H17N5O2. The van der Waals surface area contributed by atoms with Crippen molar-refractivity contribution in [2.24, 2.45) is 15.7 Å². The highest BCUT2D eigenvalue weighted by molar-refractivity contribution is 6.15. The minimum absolute atomic E-state index is 0.429. The molecule has 2 aliphatic rings. The van der Waals surface area contributed by atoms with Crippen molar-refractivity contribution >= 4 is 17.2 Å². The van der Waals surface area contributed by atoms with E-state index in [-0.39, 0.29) is 0 Å². The molecule has 0 bridgehead atoms. The summed E-state index contributed by atoms with van der Waals surface area (Å²) >= 11 is 0. The van der Waals surface area contributed by atoms with Crippen molar-refractivity contribution in [3.05, 3.63) is 53.9 Å². The second-order valence-corrected chi connectivity index (χ2v) is 5.22. The average Bonchev–Trinajstić information content (AvgIpc) is 3.00. The Morgan fingerprint density at radius 3 is 2.80 bits per heavy atom. The number of aliphatic imine (C=N–C) groups is 2. The second-order valence-electron chi connectivity index (χ2n) is 5.22. The van der Waals surface area contributed by atoms with E-state index in [1.807, 2.05) is 12.1 Å². The Morgan fingerprint density at radius 2 is 2.16 bits per heavy atom. The van der Waals surface area contributed by atoms with Crippen LogP contribution in [0.4, 0.5) is 5.69 Å². The second kappa shape index (κ2) is 6.93. The van der Waals surface area contributed by atoms with E-state index in [2.05, 4.69) is 27.9 Å². The minimum Gasteiger partial charge on any atom is -0.485 e. The number of ether oxygens (including phenoxy) is 2. The van der Waals surface area contributed by atoms with Crippen LogP contribution in [0.5, 0.6) is 11.5 Å². The quantitative estimate of drug-likeness (QED) is 0.823. The number of anilines is 1. The van der Waals surface area contributed by atoms with Crippen molar-refractivity contribution in [3.63, 3.8) is 0 Å². The lowest BCUT2D eigenvalue weighted by molar-refractivity contribution is 0.172. The number of hydrogen-bond acceptors (Lipinski definition) is 7. The number of rotatable bonds is 3. The molecule has 0 aromatic heterocycles. The average molecular weight is 335 g/mol. The predicted molar refractivity (Wildman–Crippen MR) is 97.1 cm³/mol. The monoisotopic (exact) mass is 335 g/mol. The first kappa shape index (κ1) is 16.3. The van der Waals surface area contributed by atoms with Gasteiger partial charge in [-0.05, 0) is 24.4 Å². The summed E-state index contributed by atoms with van der Waals surface area (Å²) in [5.74, 6) is 1.66. The van der Waals surface area contributed by atoms with Crippen molar-refractivity contribution in [1.82, 2.24) is 0 Å². The van der Waals surface area contributed by atoms with Gasteiger partial charge in [-0.15, -0.1) is 0 Å². The third kappa shape index (κ3) is 2.97. The van der Waals surface area contributed by atoms with Crippen LogP contribution in [-0.4, -0.2) is 31.8 Å². The van der Waals surface area contributed by atoms with Gasteiger partial charge in [0.05, 0.1) is 17.0 Å². The maximum Gasteiger partial charge on any atom is 0.185 e. The molecule has 7 nitrogen and oxygen atoms in total. The van der Waals surface area contributed by atoms with E-state index in [1.54, 1.807) is 13.1 Å². The highest BCUT2D eigenvalue weighted by Gasteiger charge is 2.24. The van der Waals surface area contributed by atoms with E-state index in [1.165, 1.54) is 12.4 Å². The van der Waals surface area contributed by atoms with E-state index in [0.717, 1.165) is 5.56 Å². The van der Waals surface area contributed by atoms with Crippen LogP contribution < -0.4 is 20.5 Å². The number of benzene rings is 1. The highest BCUT2D eigenvalue weighted by atomic mass is 16.6. The molecule has 2 aliphatic heterocycles. The summed E-state index contributed by atoms with van der Waals surface area (Å²) in [5, 5.41) is 12.2. The number of nitriles is 1. The van der Waals surface area contributed by atoms with Crippen LogP contribution >= 0.6 is 0 Å². The van der Waals surface area contributed by atoms with Gasteiger partial charge in [0, 0.05) is 24.4 Å². The van der Waals surface area contributed by atoms with Crippen LogP contribution in [0.3, 0.4) is 0 Å². The molecule has 3 rings (SSSR count). The van der Waals surface area contributed by atoms with Gasteiger partial charge in [0.2, 0.25) is 0 Å². The topological polar surface area (TPSA) is 105 Å². The van der Waals surface area contributed by atoms with Crippen molar-refractivity contribution in [2.45, 2.75) is 0 Å². The Labute approximate surface area is 145 Å². The van der Waals surface area contributed by atoms with E-state index in [9.17, 15) is 0 Å². The van der Waals surface area contributed by atoms with Gasteiger partial charge < -0.3 is 20.5 Å². The fraction of sp³-hybridized carbons (Fsp3) is 0.167. The summed E-state index contributed by atoms with van der Waals surface area (Å²) < 4.78 is 11.6. The molecule has 7 heteroatoms. The Bertz CT molecular complexity index is 887. The molecule has 0 saturated carbocycles. The van der Waals surface area contributed by atoms with E-state index in [4.69, 9.17) is 20.5 Å². The fourth-order valence-corrected chi connectivity index (χ4v) is 2.56.